The number of carbonyl (C=O) groups is 3. The highest BCUT2D eigenvalue weighted by Crippen LogP contribution is 2.32. The van der Waals surface area contributed by atoms with Crippen molar-refractivity contribution in [3.8, 4) is 5.75 Å². The van der Waals surface area contributed by atoms with Crippen molar-refractivity contribution in [2.45, 2.75) is 45.1 Å². The quantitative estimate of drug-likeness (QED) is 0.503. The van der Waals surface area contributed by atoms with Crippen molar-refractivity contribution >= 4 is 23.8 Å². The second-order valence-electron chi connectivity index (χ2n) is 7.35. The highest BCUT2D eigenvalue weighted by Gasteiger charge is 2.36. The van der Waals surface area contributed by atoms with Crippen LogP contribution in [0.25, 0.3) is 0 Å². The Hall–Kier alpha value is -3.16. The van der Waals surface area contributed by atoms with E-state index in [9.17, 15) is 14.4 Å². The molecule has 2 atom stereocenters. The van der Waals surface area contributed by atoms with Gasteiger partial charge in [0.05, 0.1) is 37.1 Å². The maximum absolute atomic E-state index is 12.5. The number of Topliss-reactive ketones (excluding diaryl/α,β-unsaturated/α-hetero) is 1. The number of benzene rings is 1. The van der Waals surface area contributed by atoms with E-state index in [1.807, 2.05) is 6.92 Å². The molecule has 0 aromatic heterocycles. The number of ether oxygens (including phenoxy) is 2. The second kappa shape index (κ2) is 10.6. The first-order valence-electron chi connectivity index (χ1n) is 10.3. The lowest BCUT2D eigenvalue weighted by atomic mass is 9.80. The lowest BCUT2D eigenvalue weighted by molar-refractivity contribution is -0.126. The third-order valence-electron chi connectivity index (χ3n) is 5.09. The van der Waals surface area contributed by atoms with Crippen LogP contribution in [-0.2, 0) is 14.3 Å². The third-order valence-corrected chi connectivity index (χ3v) is 5.09. The zero-order chi connectivity index (χ0) is 21.3. The molecule has 160 valence electrons. The minimum atomic E-state index is -0.497. The number of amides is 2. The van der Waals surface area contributed by atoms with E-state index in [1.54, 1.807) is 24.3 Å². The number of hydrogen-bond donors (Lipinski definition) is 2. The Bertz CT molecular complexity index is 832. The van der Waals surface area contributed by atoms with E-state index < -0.39 is 5.91 Å². The van der Waals surface area contributed by atoms with Crippen LogP contribution in [0, 0.1) is 5.92 Å². The molecule has 8 heteroatoms. The molecule has 0 saturated heterocycles. The van der Waals surface area contributed by atoms with Crippen LogP contribution in [0.1, 0.15) is 49.4 Å². The molecule has 2 aliphatic rings. The van der Waals surface area contributed by atoms with Crippen LogP contribution in [0.15, 0.2) is 41.2 Å². The summed E-state index contributed by atoms with van der Waals surface area (Å²) in [5, 5.41) is 6.34. The van der Waals surface area contributed by atoms with Gasteiger partial charge in [-0.25, -0.2) is 5.43 Å². The van der Waals surface area contributed by atoms with Crippen molar-refractivity contribution in [2.75, 3.05) is 13.2 Å². The molecule has 1 saturated carbocycles. The average Bonchev–Trinajstić information content (AvgIpc) is 2.78. The van der Waals surface area contributed by atoms with Crippen LogP contribution in [0.4, 0.5) is 0 Å². The monoisotopic (exact) mass is 413 g/mol. The number of ketones is 1. The molecule has 2 unspecified atom stereocenters. The van der Waals surface area contributed by atoms with Crippen molar-refractivity contribution in [3.63, 3.8) is 0 Å². The Morgan fingerprint density at radius 3 is 2.77 bits per heavy atom. The van der Waals surface area contributed by atoms with Crippen molar-refractivity contribution in [1.82, 2.24) is 10.7 Å². The Kier molecular flexibility index (Phi) is 7.59. The summed E-state index contributed by atoms with van der Waals surface area (Å²) in [6.45, 7) is 2.39. The number of hydrogen-bond acceptors (Lipinski definition) is 6. The third kappa shape index (κ3) is 5.68. The van der Waals surface area contributed by atoms with E-state index in [-0.39, 0.29) is 30.3 Å². The number of hydrazone groups is 1. The maximum atomic E-state index is 12.5. The summed E-state index contributed by atoms with van der Waals surface area (Å²) >= 11 is 0. The number of allylic oxidation sites excluding steroid dienone is 1. The van der Waals surface area contributed by atoms with Crippen molar-refractivity contribution in [1.29, 1.82) is 0 Å². The normalized spacial score (nSPS) is 20.7. The zero-order valence-corrected chi connectivity index (χ0v) is 17.1. The largest absolute Gasteiger partial charge is 0.496 e. The molecule has 8 nitrogen and oxygen atoms in total. The van der Waals surface area contributed by atoms with Crippen LogP contribution in [0.3, 0.4) is 0 Å². The van der Waals surface area contributed by atoms with E-state index in [0.29, 0.717) is 23.5 Å². The lowest BCUT2D eigenvalue weighted by Gasteiger charge is -2.33. The molecule has 1 aliphatic heterocycles. The topological polar surface area (TPSA) is 106 Å². The van der Waals surface area contributed by atoms with E-state index in [4.69, 9.17) is 9.47 Å². The molecule has 1 fully saturated rings. The summed E-state index contributed by atoms with van der Waals surface area (Å²) in [6, 6.07) is 6.69. The summed E-state index contributed by atoms with van der Waals surface area (Å²) in [5.41, 5.74) is 3.07. The Labute approximate surface area is 175 Å². The fourth-order valence-electron chi connectivity index (χ4n) is 3.48. The fraction of sp³-hybridized carbons (Fsp3) is 0.455. The van der Waals surface area contributed by atoms with Crippen LogP contribution in [0.2, 0.25) is 0 Å². The van der Waals surface area contributed by atoms with Gasteiger partial charge in [0.15, 0.2) is 5.78 Å². The maximum Gasteiger partial charge on any atom is 0.259 e. The molecule has 30 heavy (non-hydrogen) atoms. The molecule has 1 heterocycles. The number of nitrogens with zero attached hydrogens (tertiary/aromatic N) is 1. The zero-order valence-electron chi connectivity index (χ0n) is 17.1. The molecule has 0 bridgehead atoms. The van der Waals surface area contributed by atoms with E-state index in [1.165, 1.54) is 12.5 Å². The van der Waals surface area contributed by atoms with Crippen molar-refractivity contribution in [2.24, 2.45) is 11.0 Å². The van der Waals surface area contributed by atoms with Crippen molar-refractivity contribution in [3.05, 3.63) is 41.7 Å². The molecule has 1 aliphatic carbocycles. The average molecular weight is 413 g/mol. The van der Waals surface area contributed by atoms with Crippen LogP contribution >= 0.6 is 0 Å². The molecular weight excluding hydrogens is 386 g/mol. The summed E-state index contributed by atoms with van der Waals surface area (Å²) in [4.78, 5) is 36.5. The van der Waals surface area contributed by atoms with Gasteiger partial charge in [-0.05, 0) is 49.9 Å². The van der Waals surface area contributed by atoms with Gasteiger partial charge in [0.2, 0.25) is 0 Å². The fourth-order valence-corrected chi connectivity index (χ4v) is 3.48. The van der Waals surface area contributed by atoms with Gasteiger partial charge in [-0.15, -0.1) is 0 Å². The van der Waals surface area contributed by atoms with Crippen LogP contribution in [0.5, 0.6) is 5.75 Å². The molecular formula is C22H27N3O5. The van der Waals surface area contributed by atoms with Gasteiger partial charge in [0.1, 0.15) is 11.9 Å². The number of carbonyl (C=O) groups excluding carboxylic acids is 3. The highest BCUT2D eigenvalue weighted by molar-refractivity contribution is 6.14. The molecule has 2 amide bonds. The number of rotatable bonds is 8. The van der Waals surface area contributed by atoms with Gasteiger partial charge >= 0.3 is 0 Å². The molecule has 1 aromatic carbocycles. The predicted molar refractivity (Wildman–Crippen MR) is 111 cm³/mol. The van der Waals surface area contributed by atoms with Crippen molar-refractivity contribution < 1.29 is 23.9 Å². The second-order valence-corrected chi connectivity index (χ2v) is 7.35. The van der Waals surface area contributed by atoms with Gasteiger partial charge in [0, 0.05) is 5.56 Å². The number of fused-ring (bicyclic) bond motifs is 1. The smallest absolute Gasteiger partial charge is 0.259 e. The van der Waals surface area contributed by atoms with Crippen LogP contribution in [-0.4, -0.2) is 43.1 Å². The Morgan fingerprint density at radius 2 is 2.00 bits per heavy atom. The van der Waals surface area contributed by atoms with Gasteiger partial charge in [-0.2, -0.15) is 5.10 Å². The summed E-state index contributed by atoms with van der Waals surface area (Å²) in [5.74, 6) is -0.306. The molecule has 3 rings (SSSR count). The minimum absolute atomic E-state index is 0.00335. The predicted octanol–water partition coefficient (Wildman–Crippen LogP) is 2.35. The minimum Gasteiger partial charge on any atom is -0.496 e. The van der Waals surface area contributed by atoms with Gasteiger partial charge in [-0.1, -0.05) is 13.3 Å². The van der Waals surface area contributed by atoms with E-state index >= 15 is 0 Å². The first-order chi connectivity index (χ1) is 14.6. The summed E-state index contributed by atoms with van der Waals surface area (Å²) in [6.07, 6.45) is 7.37. The first kappa shape index (κ1) is 21.5. The standard InChI is InChI=1S/C22H27N3O5/c1-2-11-29-17-9-7-15(8-10-17)22(28)23-13-20(26)25-24-12-16-14-30-19-6-4-3-5-18(19)21(16)27/h7-10,12,14,18-19H,2-6,11,13H2,1H3,(H,23,28)(H,25,26)/b24-12+. The highest BCUT2D eigenvalue weighted by atomic mass is 16.5. The Balaban J connectivity index is 1.42. The lowest BCUT2D eigenvalue weighted by Crippen LogP contribution is -2.37. The molecule has 0 spiro atoms. The van der Waals surface area contributed by atoms with Gasteiger partial charge in [0.25, 0.3) is 11.8 Å². The SMILES string of the molecule is CCCOc1ccc(C(=O)NCC(=O)N/N=C/C2=COC3CCCCC3C2=O)cc1. The Morgan fingerprint density at radius 1 is 1.23 bits per heavy atom. The first-order valence-corrected chi connectivity index (χ1v) is 10.3. The van der Waals surface area contributed by atoms with E-state index in [2.05, 4.69) is 15.8 Å². The summed E-state index contributed by atoms with van der Waals surface area (Å²) < 4.78 is 11.1. The van der Waals surface area contributed by atoms with Crippen LogP contribution < -0.4 is 15.5 Å². The molecule has 0 radical (unpaired) electrons. The molecule has 2 N–H and O–H groups in total. The van der Waals surface area contributed by atoms with E-state index in [0.717, 1.165) is 32.1 Å². The molecule has 1 aromatic rings. The van der Waals surface area contributed by atoms with Gasteiger partial charge in [-0.3, -0.25) is 14.4 Å². The van der Waals surface area contributed by atoms with Gasteiger partial charge < -0.3 is 14.8 Å². The number of nitrogens with one attached hydrogen (secondary N) is 2. The summed E-state index contributed by atoms with van der Waals surface area (Å²) in [7, 11) is 0.